The number of aromatic nitrogens is 2. The van der Waals surface area contributed by atoms with Crippen molar-refractivity contribution in [3.8, 4) is 11.3 Å². The zero-order valence-electron chi connectivity index (χ0n) is 8.75. The molecule has 0 aliphatic carbocycles. The predicted molar refractivity (Wildman–Crippen MR) is 59.8 cm³/mol. The first-order valence-corrected chi connectivity index (χ1v) is 5.22. The molecule has 7 heteroatoms. The lowest BCUT2D eigenvalue weighted by molar-refractivity contribution is -0.137. The predicted octanol–water partition coefficient (Wildman–Crippen LogP) is 3.96. The van der Waals surface area contributed by atoms with Crippen molar-refractivity contribution in [2.24, 2.45) is 0 Å². The highest BCUT2D eigenvalue weighted by Gasteiger charge is 2.34. The van der Waals surface area contributed by atoms with E-state index >= 15 is 0 Å². The van der Waals surface area contributed by atoms with Gasteiger partial charge in [0.2, 0.25) is 0 Å². The van der Waals surface area contributed by atoms with Gasteiger partial charge in [-0.2, -0.15) is 13.2 Å². The quantitative estimate of drug-likeness (QED) is 0.629. The van der Waals surface area contributed by atoms with Gasteiger partial charge in [0.1, 0.15) is 0 Å². The third-order valence-electron chi connectivity index (χ3n) is 2.27. The number of hydrogen-bond acceptors (Lipinski definition) is 2. The summed E-state index contributed by atoms with van der Waals surface area (Å²) in [5, 5.41) is 0. The van der Waals surface area contributed by atoms with E-state index in [4.69, 9.17) is 0 Å². The van der Waals surface area contributed by atoms with E-state index in [-0.39, 0.29) is 16.0 Å². The fourth-order valence-corrected chi connectivity index (χ4v) is 1.68. The van der Waals surface area contributed by atoms with Gasteiger partial charge in [-0.3, -0.25) is 0 Å². The van der Waals surface area contributed by atoms with Crippen LogP contribution in [0.4, 0.5) is 17.6 Å². The summed E-state index contributed by atoms with van der Waals surface area (Å²) in [6.07, 6.45) is -3.77. The lowest BCUT2D eigenvalue weighted by atomic mass is 10.0. The van der Waals surface area contributed by atoms with Crippen molar-refractivity contribution in [1.29, 1.82) is 0 Å². The largest absolute Gasteiger partial charge is 0.417 e. The van der Waals surface area contributed by atoms with E-state index in [1.807, 2.05) is 0 Å². The number of aromatic amines is 1. The van der Waals surface area contributed by atoms with E-state index in [0.717, 1.165) is 12.3 Å². The van der Waals surface area contributed by atoms with Crippen LogP contribution in [-0.4, -0.2) is 9.97 Å². The van der Waals surface area contributed by atoms with Crippen molar-refractivity contribution in [2.45, 2.75) is 6.18 Å². The van der Waals surface area contributed by atoms with E-state index < -0.39 is 17.6 Å². The number of halogens is 4. The zero-order valence-corrected chi connectivity index (χ0v) is 9.57. The van der Waals surface area contributed by atoms with Gasteiger partial charge in [0, 0.05) is 5.56 Å². The Hall–Kier alpha value is -1.76. The summed E-state index contributed by atoms with van der Waals surface area (Å²) in [5.41, 5.74) is -1.54. The molecule has 2 nitrogen and oxygen atoms in total. The molecule has 1 N–H and O–H groups in total. The van der Waals surface area contributed by atoms with Crippen molar-refractivity contribution < 1.29 is 17.6 Å². The van der Waals surface area contributed by atoms with Crippen LogP contribution in [-0.2, 0) is 6.18 Å². The topological polar surface area (TPSA) is 28.7 Å². The number of alkyl halides is 3. The second kappa shape index (κ2) is 4.49. The first-order chi connectivity index (χ1) is 8.39. The van der Waals surface area contributed by atoms with Crippen LogP contribution in [0.25, 0.3) is 11.3 Å². The molecule has 0 atom stereocenters. The number of benzene rings is 1. The van der Waals surface area contributed by atoms with Gasteiger partial charge in [0.05, 0.1) is 17.5 Å². The van der Waals surface area contributed by atoms with Crippen LogP contribution in [0.1, 0.15) is 5.56 Å². The Morgan fingerprint density at radius 1 is 1.17 bits per heavy atom. The lowest BCUT2D eigenvalue weighted by Crippen LogP contribution is -2.08. The van der Waals surface area contributed by atoms with Crippen LogP contribution in [0.15, 0.2) is 30.5 Å². The van der Waals surface area contributed by atoms with E-state index in [0.29, 0.717) is 0 Å². The Bertz CT molecular complexity index is 633. The van der Waals surface area contributed by atoms with Gasteiger partial charge in [-0.1, -0.05) is 18.2 Å². The maximum atomic E-state index is 13.5. The van der Waals surface area contributed by atoms with E-state index in [1.54, 1.807) is 0 Å². The van der Waals surface area contributed by atoms with E-state index in [1.165, 1.54) is 18.2 Å². The second-order valence-electron chi connectivity index (χ2n) is 3.45. The summed E-state index contributed by atoms with van der Waals surface area (Å²) >= 11 is 4.68. The molecule has 0 fully saturated rings. The summed E-state index contributed by atoms with van der Waals surface area (Å²) in [7, 11) is 0. The Labute approximate surface area is 104 Å². The molecule has 2 aromatic rings. The second-order valence-corrected chi connectivity index (χ2v) is 3.84. The molecule has 2 rings (SSSR count). The minimum Gasteiger partial charge on any atom is -0.328 e. The van der Waals surface area contributed by atoms with Gasteiger partial charge in [-0.15, -0.1) is 0 Å². The Morgan fingerprint density at radius 3 is 2.50 bits per heavy atom. The molecule has 0 saturated heterocycles. The number of H-pyrrole nitrogens is 1. The lowest BCUT2D eigenvalue weighted by Gasteiger charge is -2.12. The first-order valence-electron chi connectivity index (χ1n) is 4.81. The number of rotatable bonds is 1. The number of nitrogens with zero attached hydrogens (tertiary/aromatic N) is 1. The van der Waals surface area contributed by atoms with Gasteiger partial charge >= 0.3 is 6.18 Å². The minimum absolute atomic E-state index is 0.0802. The summed E-state index contributed by atoms with van der Waals surface area (Å²) in [6, 6.07) is 4.68. The molecular formula is C11H6F4N2S. The summed E-state index contributed by atoms with van der Waals surface area (Å²) < 4.78 is 51.8. The molecule has 0 saturated carbocycles. The molecule has 0 aliphatic heterocycles. The molecule has 0 radical (unpaired) electrons. The molecule has 18 heavy (non-hydrogen) atoms. The van der Waals surface area contributed by atoms with Gasteiger partial charge in [0.15, 0.2) is 10.6 Å². The van der Waals surface area contributed by atoms with Crippen molar-refractivity contribution in [3.63, 3.8) is 0 Å². The Morgan fingerprint density at radius 2 is 1.83 bits per heavy atom. The molecule has 0 spiro atoms. The Kier molecular flexibility index (Phi) is 3.16. The minimum atomic E-state index is -4.57. The highest BCUT2D eigenvalue weighted by atomic mass is 32.1. The normalized spacial score (nSPS) is 11.6. The van der Waals surface area contributed by atoms with Crippen LogP contribution >= 0.6 is 12.2 Å². The van der Waals surface area contributed by atoms with Gasteiger partial charge < -0.3 is 4.98 Å². The zero-order chi connectivity index (χ0) is 13.3. The standard InChI is InChI=1S/C11H6F4N2S/c12-8-5-16-10(18)17-9(8)6-3-1-2-4-7(6)11(13,14)15/h1-5H,(H,16,17,18). The van der Waals surface area contributed by atoms with Crippen LogP contribution in [0.3, 0.4) is 0 Å². The maximum absolute atomic E-state index is 13.5. The SMILES string of the molecule is Fc1cnc(=S)[nH]c1-c1ccccc1C(F)(F)F. The van der Waals surface area contributed by atoms with Crippen molar-refractivity contribution in [3.05, 3.63) is 46.6 Å². The average molecular weight is 274 g/mol. The molecule has 1 aromatic carbocycles. The molecule has 0 amide bonds. The Balaban J connectivity index is 2.72. The summed E-state index contributed by atoms with van der Waals surface area (Å²) in [4.78, 5) is 5.79. The van der Waals surface area contributed by atoms with Crippen LogP contribution in [0.2, 0.25) is 0 Å². The molecular weight excluding hydrogens is 268 g/mol. The molecule has 0 aliphatic rings. The molecule has 0 bridgehead atoms. The maximum Gasteiger partial charge on any atom is 0.417 e. The molecule has 1 heterocycles. The van der Waals surface area contributed by atoms with Gasteiger partial charge in [-0.05, 0) is 18.3 Å². The monoisotopic (exact) mass is 274 g/mol. The van der Waals surface area contributed by atoms with Crippen LogP contribution in [0.5, 0.6) is 0 Å². The van der Waals surface area contributed by atoms with E-state index in [9.17, 15) is 17.6 Å². The third-order valence-corrected chi connectivity index (χ3v) is 2.48. The summed E-state index contributed by atoms with van der Waals surface area (Å²) in [6.45, 7) is 0. The van der Waals surface area contributed by atoms with Crippen LogP contribution < -0.4 is 0 Å². The third kappa shape index (κ3) is 2.40. The number of hydrogen-bond donors (Lipinski definition) is 1. The van der Waals surface area contributed by atoms with Crippen LogP contribution in [0, 0.1) is 10.6 Å². The highest BCUT2D eigenvalue weighted by molar-refractivity contribution is 7.71. The number of nitrogens with one attached hydrogen (secondary N) is 1. The smallest absolute Gasteiger partial charge is 0.328 e. The van der Waals surface area contributed by atoms with Gasteiger partial charge in [-0.25, -0.2) is 9.37 Å². The molecule has 0 unspecified atom stereocenters. The van der Waals surface area contributed by atoms with Crippen molar-refractivity contribution in [2.75, 3.05) is 0 Å². The van der Waals surface area contributed by atoms with Gasteiger partial charge in [0.25, 0.3) is 0 Å². The average Bonchev–Trinajstić information content (AvgIpc) is 2.31. The fourth-order valence-electron chi connectivity index (χ4n) is 1.52. The molecule has 94 valence electrons. The van der Waals surface area contributed by atoms with E-state index in [2.05, 4.69) is 22.2 Å². The van der Waals surface area contributed by atoms with Crippen molar-refractivity contribution >= 4 is 12.2 Å². The molecule has 1 aromatic heterocycles. The van der Waals surface area contributed by atoms with Crippen molar-refractivity contribution in [1.82, 2.24) is 9.97 Å². The fraction of sp³-hybridized carbons (Fsp3) is 0.0909. The first kappa shape index (κ1) is 12.7. The highest BCUT2D eigenvalue weighted by Crippen LogP contribution is 2.36. The summed E-state index contributed by atoms with van der Waals surface area (Å²) in [5.74, 6) is -0.889.